The van der Waals surface area contributed by atoms with Crippen LogP contribution in [-0.2, 0) is 27.2 Å². The fraction of sp³-hybridized carbons (Fsp3) is 0.241. The molecule has 0 bridgehead atoms. The lowest BCUT2D eigenvalue weighted by atomic mass is 9.91. The predicted molar refractivity (Wildman–Crippen MR) is 153 cm³/mol. The molecule has 0 radical (unpaired) electrons. The number of anilines is 3. The number of esters is 1. The third-order valence-electron chi connectivity index (χ3n) is 6.66. The van der Waals surface area contributed by atoms with E-state index in [4.69, 9.17) is 4.74 Å². The number of urea groups is 1. The van der Waals surface area contributed by atoms with Crippen molar-refractivity contribution >= 4 is 68.3 Å². The molecule has 10 heteroatoms. The minimum absolute atomic E-state index is 0.0376. The number of carbonyl (C=O) groups is 4. The summed E-state index contributed by atoms with van der Waals surface area (Å²) < 4.78 is 5.98. The molecule has 2 heterocycles. The number of ketones is 1. The van der Waals surface area contributed by atoms with Gasteiger partial charge in [0.2, 0.25) is 0 Å². The van der Waals surface area contributed by atoms with Gasteiger partial charge < -0.3 is 25.7 Å². The van der Waals surface area contributed by atoms with E-state index in [1.165, 1.54) is 0 Å². The highest BCUT2D eigenvalue weighted by molar-refractivity contribution is 9.10. The van der Waals surface area contributed by atoms with Crippen LogP contribution in [0.4, 0.5) is 21.9 Å². The second-order valence-electron chi connectivity index (χ2n) is 9.31. The van der Waals surface area contributed by atoms with E-state index in [0.29, 0.717) is 52.3 Å². The number of benzene rings is 2. The van der Waals surface area contributed by atoms with Crippen LogP contribution < -0.4 is 16.0 Å². The summed E-state index contributed by atoms with van der Waals surface area (Å²) in [5.74, 6) is -0.595. The number of nitrogens with one attached hydrogen (secondary N) is 4. The number of rotatable bonds is 7. The first-order valence-corrected chi connectivity index (χ1v) is 13.5. The van der Waals surface area contributed by atoms with Gasteiger partial charge in [-0.1, -0.05) is 15.9 Å². The van der Waals surface area contributed by atoms with Crippen LogP contribution in [0.3, 0.4) is 0 Å². The molecule has 0 fully saturated rings. The average molecular weight is 591 g/mol. The fourth-order valence-corrected chi connectivity index (χ4v) is 5.18. The second kappa shape index (κ2) is 11.3. The molecule has 3 aromatic rings. The van der Waals surface area contributed by atoms with Crippen LogP contribution in [-0.4, -0.2) is 35.3 Å². The molecule has 1 aromatic heterocycles. The van der Waals surface area contributed by atoms with E-state index in [9.17, 15) is 19.2 Å². The van der Waals surface area contributed by atoms with Gasteiger partial charge in [0.1, 0.15) is 0 Å². The number of aromatic amines is 1. The molecule has 1 aliphatic carbocycles. The average Bonchev–Trinajstić information content (AvgIpc) is 3.41. The predicted octanol–water partition coefficient (Wildman–Crippen LogP) is 5.93. The number of H-pyrrole nitrogens is 1. The largest absolute Gasteiger partial charge is 0.466 e. The van der Waals surface area contributed by atoms with Crippen LogP contribution in [0, 0.1) is 0 Å². The highest BCUT2D eigenvalue weighted by atomic mass is 79.9. The Balaban J connectivity index is 1.43. The number of ether oxygens (including phenoxy) is 1. The van der Waals surface area contributed by atoms with Gasteiger partial charge in [-0.05, 0) is 80.3 Å². The zero-order chi connectivity index (χ0) is 27.5. The van der Waals surface area contributed by atoms with E-state index in [0.717, 1.165) is 28.6 Å². The molecule has 9 nitrogen and oxygen atoms in total. The summed E-state index contributed by atoms with van der Waals surface area (Å²) in [7, 11) is 0. The number of aromatic nitrogens is 1. The van der Waals surface area contributed by atoms with Crippen molar-refractivity contribution in [2.75, 3.05) is 22.6 Å². The van der Waals surface area contributed by atoms with E-state index in [2.05, 4.69) is 36.9 Å². The zero-order valence-corrected chi connectivity index (χ0v) is 22.9. The molecule has 0 spiro atoms. The number of aryl methyl sites for hydroxylation is 1. The lowest BCUT2D eigenvalue weighted by Gasteiger charge is -2.11. The Labute approximate surface area is 233 Å². The molecule has 1 aliphatic heterocycles. The number of fused-ring (bicyclic) bond motifs is 2. The van der Waals surface area contributed by atoms with E-state index < -0.39 is 6.03 Å². The maximum atomic E-state index is 13.0. The summed E-state index contributed by atoms with van der Waals surface area (Å²) in [6, 6.07) is 11.9. The molecule has 3 amide bonds. The third-order valence-corrected chi connectivity index (χ3v) is 7.19. The molecule has 0 atom stereocenters. The van der Waals surface area contributed by atoms with Crippen molar-refractivity contribution in [1.29, 1.82) is 0 Å². The maximum Gasteiger partial charge on any atom is 0.323 e. The SMILES string of the molecule is CCOC(=O)CCc1c(C=C2C(=O)Nc3ccc(NC(=O)Nc4ccc(Br)cc4)cc32)[nH]c2c1C(=O)CCC2. The number of amides is 3. The van der Waals surface area contributed by atoms with Gasteiger partial charge in [-0.25, -0.2) is 4.79 Å². The van der Waals surface area contributed by atoms with Crippen LogP contribution in [0.5, 0.6) is 0 Å². The van der Waals surface area contributed by atoms with Crippen molar-refractivity contribution in [3.05, 3.63) is 75.0 Å². The van der Waals surface area contributed by atoms with E-state index in [1.54, 1.807) is 43.3 Å². The van der Waals surface area contributed by atoms with Gasteiger partial charge in [0, 0.05) is 56.9 Å². The smallest absolute Gasteiger partial charge is 0.323 e. The molecular weight excluding hydrogens is 564 g/mol. The molecule has 0 unspecified atom stereocenters. The van der Waals surface area contributed by atoms with Crippen molar-refractivity contribution < 1.29 is 23.9 Å². The Morgan fingerprint density at radius 2 is 1.79 bits per heavy atom. The van der Waals surface area contributed by atoms with Gasteiger partial charge in [-0.3, -0.25) is 14.4 Å². The summed E-state index contributed by atoms with van der Waals surface area (Å²) in [4.78, 5) is 53.7. The first-order chi connectivity index (χ1) is 18.8. The first-order valence-electron chi connectivity index (χ1n) is 12.8. The number of Topliss-reactive ketones (excluding diaryl/α,β-unsaturated/α-hetero) is 1. The van der Waals surface area contributed by atoms with Crippen molar-refractivity contribution in [3.8, 4) is 0 Å². The van der Waals surface area contributed by atoms with Crippen molar-refractivity contribution in [3.63, 3.8) is 0 Å². The summed E-state index contributed by atoms with van der Waals surface area (Å²) in [6.07, 6.45) is 4.10. The van der Waals surface area contributed by atoms with Crippen molar-refractivity contribution in [1.82, 2.24) is 4.98 Å². The number of hydrogen-bond acceptors (Lipinski definition) is 5. The first kappa shape index (κ1) is 26.4. The highest BCUT2D eigenvalue weighted by Crippen LogP contribution is 2.37. The Bertz CT molecular complexity index is 1510. The molecule has 4 N–H and O–H groups in total. The quantitative estimate of drug-likeness (QED) is 0.200. The summed E-state index contributed by atoms with van der Waals surface area (Å²) in [6.45, 7) is 2.04. The van der Waals surface area contributed by atoms with Gasteiger partial charge in [-0.2, -0.15) is 0 Å². The number of halogens is 1. The Hall–Kier alpha value is -4.18. The van der Waals surface area contributed by atoms with Crippen LogP contribution in [0.2, 0.25) is 0 Å². The van der Waals surface area contributed by atoms with Gasteiger partial charge in [0.15, 0.2) is 5.78 Å². The minimum atomic E-state index is -0.420. The molecule has 2 aliphatic rings. The summed E-state index contributed by atoms with van der Waals surface area (Å²) >= 11 is 3.37. The monoisotopic (exact) mass is 590 g/mol. The van der Waals surface area contributed by atoms with Crippen LogP contribution in [0.25, 0.3) is 11.6 Å². The standard InChI is InChI=1S/C29H27BrN4O5/c1-2-39-26(36)13-11-19-24(33-23-4-3-5-25(35)27(19)23)15-21-20-14-18(10-12-22(20)34-28(21)37)32-29(38)31-17-8-6-16(30)7-9-17/h6-10,12,14-15,33H,2-5,11,13H2,1H3,(H,34,37)(H2,31,32,38). The molecule has 39 heavy (non-hydrogen) atoms. The van der Waals surface area contributed by atoms with Gasteiger partial charge in [0.05, 0.1) is 12.2 Å². The lowest BCUT2D eigenvalue weighted by molar-refractivity contribution is -0.143. The van der Waals surface area contributed by atoms with E-state index >= 15 is 0 Å². The summed E-state index contributed by atoms with van der Waals surface area (Å²) in [5.41, 5.74) is 5.58. The third kappa shape index (κ3) is 5.80. The van der Waals surface area contributed by atoms with Crippen LogP contribution in [0.1, 0.15) is 59.1 Å². The van der Waals surface area contributed by atoms with Crippen LogP contribution >= 0.6 is 15.9 Å². The zero-order valence-electron chi connectivity index (χ0n) is 21.3. The topological polar surface area (TPSA) is 129 Å². The van der Waals surface area contributed by atoms with Crippen molar-refractivity contribution in [2.45, 2.75) is 39.0 Å². The molecule has 2 aromatic carbocycles. The number of hydrogen-bond donors (Lipinski definition) is 4. The Morgan fingerprint density at radius 3 is 2.56 bits per heavy atom. The highest BCUT2D eigenvalue weighted by Gasteiger charge is 2.29. The minimum Gasteiger partial charge on any atom is -0.466 e. The Morgan fingerprint density at radius 1 is 1.05 bits per heavy atom. The maximum absolute atomic E-state index is 13.0. The summed E-state index contributed by atoms with van der Waals surface area (Å²) in [5, 5.41) is 8.43. The molecule has 0 saturated carbocycles. The number of carbonyl (C=O) groups excluding carboxylic acids is 4. The normalized spacial score (nSPS) is 15.0. The molecular formula is C29H27BrN4O5. The van der Waals surface area contributed by atoms with Gasteiger partial charge >= 0.3 is 12.0 Å². The van der Waals surface area contributed by atoms with Crippen molar-refractivity contribution in [2.24, 2.45) is 0 Å². The fourth-order valence-electron chi connectivity index (χ4n) is 4.92. The second-order valence-corrected chi connectivity index (χ2v) is 10.2. The molecule has 5 rings (SSSR count). The van der Waals surface area contributed by atoms with Crippen LogP contribution in [0.15, 0.2) is 46.9 Å². The molecule has 0 saturated heterocycles. The van der Waals surface area contributed by atoms with Gasteiger partial charge in [0.25, 0.3) is 5.91 Å². The van der Waals surface area contributed by atoms with Gasteiger partial charge in [-0.15, -0.1) is 0 Å². The molecule has 200 valence electrons. The lowest BCUT2D eigenvalue weighted by Crippen LogP contribution is -2.19. The van der Waals surface area contributed by atoms with E-state index in [-0.39, 0.29) is 30.7 Å². The van der Waals surface area contributed by atoms with E-state index in [1.807, 2.05) is 12.1 Å². The Kier molecular flexibility index (Phi) is 7.65.